The second-order valence-electron chi connectivity index (χ2n) is 3.00. The Bertz CT molecular complexity index is 139. The molecular weight excluding hydrogens is 160 g/mol. The summed E-state index contributed by atoms with van der Waals surface area (Å²) in [6.45, 7) is 1.49. The largest absolute Gasteiger partial charge is 0.462 e. The van der Waals surface area contributed by atoms with Crippen molar-refractivity contribution in [3.63, 3.8) is 0 Å². The molecular formula is C8H15O2S+. The van der Waals surface area contributed by atoms with E-state index >= 15 is 0 Å². The summed E-state index contributed by atoms with van der Waals surface area (Å²) >= 11 is 0. The Morgan fingerprint density at radius 3 is 2.45 bits per heavy atom. The van der Waals surface area contributed by atoms with Gasteiger partial charge in [-0.2, -0.15) is 0 Å². The van der Waals surface area contributed by atoms with Gasteiger partial charge in [0.05, 0.1) is 6.26 Å². The lowest BCUT2D eigenvalue weighted by atomic mass is 10.2. The first-order valence-electron chi connectivity index (χ1n) is 3.95. The Hall–Kier alpha value is -0.180. The van der Waals surface area contributed by atoms with Gasteiger partial charge in [0.1, 0.15) is 17.6 Å². The van der Waals surface area contributed by atoms with E-state index in [2.05, 4.69) is 6.26 Å². The maximum absolute atomic E-state index is 10.6. The molecule has 0 N–H and O–H groups in total. The summed E-state index contributed by atoms with van der Waals surface area (Å²) in [5, 5.41) is 0. The molecule has 1 fully saturated rings. The third-order valence-electron chi connectivity index (χ3n) is 1.91. The van der Waals surface area contributed by atoms with Gasteiger partial charge in [-0.25, -0.2) is 0 Å². The van der Waals surface area contributed by atoms with E-state index in [1.165, 1.54) is 18.4 Å². The SMILES string of the molecule is CC(=O)OC1CC[S+](C)CC1. The van der Waals surface area contributed by atoms with Crippen LogP contribution in [0.1, 0.15) is 19.8 Å². The number of carbonyl (C=O) groups excluding carboxylic acids is 1. The third-order valence-corrected chi connectivity index (χ3v) is 3.77. The smallest absolute Gasteiger partial charge is 0.302 e. The number of ether oxygens (including phenoxy) is 1. The molecule has 0 spiro atoms. The first kappa shape index (κ1) is 8.91. The minimum atomic E-state index is -0.132. The molecule has 11 heavy (non-hydrogen) atoms. The molecule has 0 unspecified atom stereocenters. The summed E-state index contributed by atoms with van der Waals surface area (Å²) in [5.74, 6) is 2.34. The summed E-state index contributed by atoms with van der Waals surface area (Å²) in [7, 11) is 0.583. The predicted octanol–water partition coefficient (Wildman–Crippen LogP) is 0.960. The van der Waals surface area contributed by atoms with Crippen LogP contribution in [0.4, 0.5) is 0 Å². The van der Waals surface area contributed by atoms with Crippen molar-refractivity contribution in [1.29, 1.82) is 0 Å². The number of esters is 1. The van der Waals surface area contributed by atoms with Crippen LogP contribution in [0.5, 0.6) is 0 Å². The summed E-state index contributed by atoms with van der Waals surface area (Å²) in [6.07, 6.45) is 4.64. The second-order valence-corrected chi connectivity index (χ2v) is 5.38. The van der Waals surface area contributed by atoms with Crippen molar-refractivity contribution in [1.82, 2.24) is 0 Å². The van der Waals surface area contributed by atoms with Gasteiger partial charge in [-0.05, 0) is 10.9 Å². The topological polar surface area (TPSA) is 26.3 Å². The van der Waals surface area contributed by atoms with Crippen LogP contribution < -0.4 is 0 Å². The van der Waals surface area contributed by atoms with Crippen LogP contribution in [-0.4, -0.2) is 29.8 Å². The molecule has 3 heteroatoms. The molecule has 0 bridgehead atoms. The van der Waals surface area contributed by atoms with Gasteiger partial charge >= 0.3 is 5.97 Å². The minimum absolute atomic E-state index is 0.132. The van der Waals surface area contributed by atoms with Gasteiger partial charge in [0, 0.05) is 19.8 Å². The van der Waals surface area contributed by atoms with E-state index < -0.39 is 0 Å². The molecule has 2 nitrogen and oxygen atoms in total. The van der Waals surface area contributed by atoms with Crippen LogP contribution in [0.2, 0.25) is 0 Å². The van der Waals surface area contributed by atoms with Crippen LogP contribution in [0, 0.1) is 0 Å². The molecule has 1 rings (SSSR count). The van der Waals surface area contributed by atoms with E-state index in [9.17, 15) is 4.79 Å². The van der Waals surface area contributed by atoms with E-state index in [-0.39, 0.29) is 12.1 Å². The fourth-order valence-corrected chi connectivity index (χ4v) is 2.80. The van der Waals surface area contributed by atoms with Crippen molar-refractivity contribution < 1.29 is 9.53 Å². The van der Waals surface area contributed by atoms with E-state index in [4.69, 9.17) is 4.74 Å². The Labute approximate surface area is 70.7 Å². The van der Waals surface area contributed by atoms with Gasteiger partial charge in [-0.15, -0.1) is 0 Å². The van der Waals surface area contributed by atoms with Gasteiger partial charge in [0.2, 0.25) is 0 Å². The highest BCUT2D eigenvalue weighted by atomic mass is 32.2. The van der Waals surface area contributed by atoms with Gasteiger partial charge in [-0.1, -0.05) is 0 Å². The molecule has 0 saturated carbocycles. The summed E-state index contributed by atoms with van der Waals surface area (Å²) in [5.41, 5.74) is 0. The Morgan fingerprint density at radius 1 is 1.45 bits per heavy atom. The molecule has 0 aromatic carbocycles. The summed E-state index contributed by atoms with van der Waals surface area (Å²) in [4.78, 5) is 10.6. The zero-order chi connectivity index (χ0) is 8.27. The van der Waals surface area contributed by atoms with Gasteiger partial charge in [-0.3, -0.25) is 4.79 Å². The third kappa shape index (κ3) is 3.14. The average Bonchev–Trinajstić information content (AvgIpc) is 1.93. The van der Waals surface area contributed by atoms with Crippen molar-refractivity contribution in [3.8, 4) is 0 Å². The maximum atomic E-state index is 10.6. The second kappa shape index (κ2) is 4.00. The van der Waals surface area contributed by atoms with Crippen molar-refractivity contribution >= 4 is 16.9 Å². The van der Waals surface area contributed by atoms with Gasteiger partial charge in [0.15, 0.2) is 0 Å². The normalized spacial score (nSPS) is 31.5. The lowest BCUT2D eigenvalue weighted by molar-refractivity contribution is -0.146. The number of carbonyl (C=O) groups is 1. The van der Waals surface area contributed by atoms with Crippen molar-refractivity contribution in [2.24, 2.45) is 0 Å². The van der Waals surface area contributed by atoms with Crippen molar-refractivity contribution in [2.75, 3.05) is 17.8 Å². The van der Waals surface area contributed by atoms with Crippen LogP contribution in [0.25, 0.3) is 0 Å². The molecule has 1 saturated heterocycles. The zero-order valence-electron chi connectivity index (χ0n) is 7.13. The van der Waals surface area contributed by atoms with E-state index in [0.717, 1.165) is 12.8 Å². The maximum Gasteiger partial charge on any atom is 0.302 e. The lowest BCUT2D eigenvalue weighted by Crippen LogP contribution is -2.29. The standard InChI is InChI=1S/C8H15O2S/c1-7(9)10-8-3-5-11(2)6-4-8/h8H,3-6H2,1-2H3/q+1. The number of hydrogen-bond acceptors (Lipinski definition) is 2. The first-order valence-corrected chi connectivity index (χ1v) is 5.92. The molecule has 1 aliphatic heterocycles. The lowest BCUT2D eigenvalue weighted by Gasteiger charge is -2.20. The van der Waals surface area contributed by atoms with E-state index in [0.29, 0.717) is 10.9 Å². The molecule has 1 heterocycles. The zero-order valence-corrected chi connectivity index (χ0v) is 7.95. The van der Waals surface area contributed by atoms with Crippen molar-refractivity contribution in [2.45, 2.75) is 25.9 Å². The Balaban J connectivity index is 2.22. The monoisotopic (exact) mass is 175 g/mol. The van der Waals surface area contributed by atoms with Crippen molar-refractivity contribution in [3.05, 3.63) is 0 Å². The van der Waals surface area contributed by atoms with E-state index in [1.54, 1.807) is 0 Å². The van der Waals surface area contributed by atoms with Crippen LogP contribution >= 0.6 is 0 Å². The Morgan fingerprint density at radius 2 is 2.00 bits per heavy atom. The fraction of sp³-hybridized carbons (Fsp3) is 0.875. The summed E-state index contributed by atoms with van der Waals surface area (Å²) < 4.78 is 5.11. The highest BCUT2D eigenvalue weighted by Crippen LogP contribution is 2.15. The molecule has 0 amide bonds. The predicted molar refractivity (Wildman–Crippen MR) is 47.8 cm³/mol. The molecule has 0 radical (unpaired) electrons. The quantitative estimate of drug-likeness (QED) is 0.438. The summed E-state index contributed by atoms with van der Waals surface area (Å²) in [6, 6.07) is 0. The number of rotatable bonds is 1. The fourth-order valence-electron chi connectivity index (χ4n) is 1.26. The van der Waals surface area contributed by atoms with Crippen LogP contribution in [0.15, 0.2) is 0 Å². The molecule has 0 atom stereocenters. The average molecular weight is 175 g/mol. The van der Waals surface area contributed by atoms with Gasteiger partial charge in [0.25, 0.3) is 0 Å². The highest BCUT2D eigenvalue weighted by Gasteiger charge is 2.25. The molecule has 64 valence electrons. The van der Waals surface area contributed by atoms with Gasteiger partial charge < -0.3 is 4.74 Å². The number of hydrogen-bond donors (Lipinski definition) is 0. The minimum Gasteiger partial charge on any atom is -0.462 e. The van der Waals surface area contributed by atoms with Crippen LogP contribution in [-0.2, 0) is 20.4 Å². The van der Waals surface area contributed by atoms with E-state index in [1.807, 2.05) is 0 Å². The highest BCUT2D eigenvalue weighted by molar-refractivity contribution is 7.96. The first-order chi connectivity index (χ1) is 5.18. The molecule has 1 aliphatic rings. The van der Waals surface area contributed by atoms with Crippen LogP contribution in [0.3, 0.4) is 0 Å². The molecule has 0 aromatic rings. The molecule has 0 aromatic heterocycles. The molecule has 0 aliphatic carbocycles. The Kier molecular flexibility index (Phi) is 3.24.